The summed E-state index contributed by atoms with van der Waals surface area (Å²) >= 11 is 5.87. The summed E-state index contributed by atoms with van der Waals surface area (Å²) in [5, 5.41) is 9.62. The second kappa shape index (κ2) is 7.53. The fourth-order valence-electron chi connectivity index (χ4n) is 2.87. The molecule has 3 rings (SSSR count). The highest BCUT2D eigenvalue weighted by Gasteiger charge is 2.36. The Labute approximate surface area is 164 Å². The molecule has 1 heterocycles. The number of aryl methyl sites for hydroxylation is 1. The maximum atomic E-state index is 13.5. The molecule has 2 aromatic carbocycles. The second-order valence-corrected chi connectivity index (χ2v) is 6.75. The van der Waals surface area contributed by atoms with Crippen molar-refractivity contribution in [3.05, 3.63) is 92.2 Å². The van der Waals surface area contributed by atoms with Gasteiger partial charge < -0.3 is 4.57 Å². The number of rotatable bonds is 3. The van der Waals surface area contributed by atoms with Crippen molar-refractivity contribution >= 4 is 11.6 Å². The van der Waals surface area contributed by atoms with Gasteiger partial charge >= 0.3 is 6.18 Å². The first-order valence-corrected chi connectivity index (χ1v) is 8.65. The van der Waals surface area contributed by atoms with E-state index in [-0.39, 0.29) is 12.2 Å². The fraction of sp³-hybridized carbons (Fsp3) is 0.143. The van der Waals surface area contributed by atoms with Crippen LogP contribution in [0.1, 0.15) is 22.3 Å². The first kappa shape index (κ1) is 19.7. The van der Waals surface area contributed by atoms with Crippen LogP contribution in [0.4, 0.5) is 13.2 Å². The molecule has 0 aliphatic carbocycles. The standard InChI is InChI=1S/C21H14ClF3N2O/c1-13-2-4-14(5-3-13)12-27-19(15-6-8-16(22)9-7-15)10-18(21(23,24)25)17(11-26)20(27)28/h2-10H,12H2,1H3. The lowest BCUT2D eigenvalue weighted by Crippen LogP contribution is -2.28. The third-order valence-corrected chi connectivity index (χ3v) is 4.57. The molecule has 0 spiro atoms. The Bertz CT molecular complexity index is 1110. The van der Waals surface area contributed by atoms with Crippen molar-refractivity contribution < 1.29 is 13.2 Å². The van der Waals surface area contributed by atoms with Crippen LogP contribution in [-0.4, -0.2) is 4.57 Å². The molecule has 0 amide bonds. The van der Waals surface area contributed by atoms with Gasteiger partial charge in [-0.2, -0.15) is 18.4 Å². The average molecular weight is 403 g/mol. The van der Waals surface area contributed by atoms with Crippen LogP contribution in [0.5, 0.6) is 0 Å². The number of nitrogens with zero attached hydrogens (tertiary/aromatic N) is 2. The van der Waals surface area contributed by atoms with E-state index in [9.17, 15) is 23.2 Å². The van der Waals surface area contributed by atoms with Gasteiger partial charge in [0.1, 0.15) is 11.6 Å². The van der Waals surface area contributed by atoms with Gasteiger partial charge in [0.15, 0.2) is 0 Å². The third-order valence-electron chi connectivity index (χ3n) is 4.32. The lowest BCUT2D eigenvalue weighted by Gasteiger charge is -2.18. The van der Waals surface area contributed by atoms with Crippen molar-refractivity contribution in [3.8, 4) is 17.3 Å². The first-order valence-electron chi connectivity index (χ1n) is 8.27. The number of hydrogen-bond acceptors (Lipinski definition) is 2. The SMILES string of the molecule is Cc1ccc(Cn2c(-c3ccc(Cl)cc3)cc(C(F)(F)F)c(C#N)c2=O)cc1. The summed E-state index contributed by atoms with van der Waals surface area (Å²) in [5.74, 6) is 0. The second-order valence-electron chi connectivity index (χ2n) is 6.31. The number of aromatic nitrogens is 1. The van der Waals surface area contributed by atoms with E-state index in [0.717, 1.165) is 17.2 Å². The molecule has 0 aliphatic rings. The molecule has 7 heteroatoms. The zero-order valence-corrected chi connectivity index (χ0v) is 15.5. The van der Waals surface area contributed by atoms with Crippen molar-refractivity contribution in [2.75, 3.05) is 0 Å². The van der Waals surface area contributed by atoms with E-state index in [1.807, 2.05) is 19.1 Å². The fourth-order valence-corrected chi connectivity index (χ4v) is 3.00. The van der Waals surface area contributed by atoms with Crippen molar-refractivity contribution in [1.82, 2.24) is 4.57 Å². The molecular weight excluding hydrogens is 389 g/mol. The van der Waals surface area contributed by atoms with Crippen molar-refractivity contribution in [3.63, 3.8) is 0 Å². The number of nitriles is 1. The molecule has 142 valence electrons. The average Bonchev–Trinajstić information content (AvgIpc) is 2.64. The van der Waals surface area contributed by atoms with Gasteiger partial charge in [0.05, 0.1) is 17.8 Å². The molecule has 0 bridgehead atoms. The molecule has 0 radical (unpaired) electrons. The van der Waals surface area contributed by atoms with E-state index in [2.05, 4.69) is 0 Å². The Balaban J connectivity index is 2.29. The van der Waals surface area contributed by atoms with E-state index in [1.165, 1.54) is 34.9 Å². The van der Waals surface area contributed by atoms with Crippen LogP contribution >= 0.6 is 11.6 Å². The first-order chi connectivity index (χ1) is 13.2. The molecule has 0 aliphatic heterocycles. The Morgan fingerprint density at radius 1 is 1.07 bits per heavy atom. The Morgan fingerprint density at radius 2 is 1.68 bits per heavy atom. The predicted octanol–water partition coefficient (Wildman–Crippen LogP) is 5.42. The molecule has 3 nitrogen and oxygen atoms in total. The van der Waals surface area contributed by atoms with Gasteiger partial charge in [0.2, 0.25) is 0 Å². The quantitative estimate of drug-likeness (QED) is 0.587. The number of hydrogen-bond donors (Lipinski definition) is 0. The van der Waals surface area contributed by atoms with Gasteiger partial charge in [-0.1, -0.05) is 53.6 Å². The molecule has 0 atom stereocenters. The third kappa shape index (κ3) is 3.95. The lowest BCUT2D eigenvalue weighted by molar-refractivity contribution is -0.137. The minimum atomic E-state index is -4.83. The summed E-state index contributed by atoms with van der Waals surface area (Å²) in [4.78, 5) is 12.8. The summed E-state index contributed by atoms with van der Waals surface area (Å²) in [6.45, 7) is 1.94. The molecule has 3 aromatic rings. The van der Waals surface area contributed by atoms with E-state index in [4.69, 9.17) is 11.6 Å². The summed E-state index contributed by atoms with van der Waals surface area (Å²) in [7, 11) is 0. The molecule has 0 saturated heterocycles. The Kier molecular flexibility index (Phi) is 5.30. The minimum absolute atomic E-state index is 0.0316. The molecule has 0 unspecified atom stereocenters. The molecule has 1 aromatic heterocycles. The number of pyridine rings is 1. The smallest absolute Gasteiger partial charge is 0.303 e. The van der Waals surface area contributed by atoms with E-state index in [1.54, 1.807) is 12.1 Å². The van der Waals surface area contributed by atoms with Gasteiger partial charge in [0.25, 0.3) is 5.56 Å². The van der Waals surface area contributed by atoms with Crippen LogP contribution in [-0.2, 0) is 12.7 Å². The van der Waals surface area contributed by atoms with Crippen LogP contribution < -0.4 is 5.56 Å². The predicted molar refractivity (Wildman–Crippen MR) is 101 cm³/mol. The normalized spacial score (nSPS) is 11.3. The summed E-state index contributed by atoms with van der Waals surface area (Å²) < 4.78 is 41.6. The zero-order chi connectivity index (χ0) is 20.5. The van der Waals surface area contributed by atoms with Crippen LogP contribution in [0, 0.1) is 18.3 Å². The molecule has 28 heavy (non-hydrogen) atoms. The summed E-state index contributed by atoms with van der Waals surface area (Å²) in [6.07, 6.45) is -4.83. The van der Waals surface area contributed by atoms with E-state index < -0.39 is 22.9 Å². The van der Waals surface area contributed by atoms with Gasteiger partial charge in [-0.3, -0.25) is 4.79 Å². The molecule has 0 N–H and O–H groups in total. The maximum absolute atomic E-state index is 13.5. The van der Waals surface area contributed by atoms with Gasteiger partial charge in [-0.05, 0) is 36.2 Å². The van der Waals surface area contributed by atoms with Crippen LogP contribution in [0.3, 0.4) is 0 Å². The number of alkyl halides is 3. The van der Waals surface area contributed by atoms with Crippen LogP contribution in [0.15, 0.2) is 59.4 Å². The number of benzene rings is 2. The molecule has 0 fully saturated rings. The monoisotopic (exact) mass is 402 g/mol. The highest BCUT2D eigenvalue weighted by Crippen LogP contribution is 2.34. The van der Waals surface area contributed by atoms with E-state index >= 15 is 0 Å². The van der Waals surface area contributed by atoms with Gasteiger partial charge in [-0.25, -0.2) is 0 Å². The van der Waals surface area contributed by atoms with Crippen molar-refractivity contribution in [2.45, 2.75) is 19.6 Å². The van der Waals surface area contributed by atoms with Gasteiger partial charge in [0, 0.05) is 5.02 Å². The van der Waals surface area contributed by atoms with Gasteiger partial charge in [-0.15, -0.1) is 0 Å². The van der Waals surface area contributed by atoms with E-state index in [0.29, 0.717) is 10.6 Å². The summed E-state index contributed by atoms with van der Waals surface area (Å²) in [5.41, 5.74) is -0.951. The minimum Gasteiger partial charge on any atom is -0.303 e. The Morgan fingerprint density at radius 3 is 2.21 bits per heavy atom. The largest absolute Gasteiger partial charge is 0.417 e. The van der Waals surface area contributed by atoms with Crippen LogP contribution in [0.2, 0.25) is 5.02 Å². The Hall–Kier alpha value is -3.04. The van der Waals surface area contributed by atoms with Crippen LogP contribution in [0.25, 0.3) is 11.3 Å². The number of halogens is 4. The zero-order valence-electron chi connectivity index (χ0n) is 14.7. The van der Waals surface area contributed by atoms with Crippen molar-refractivity contribution in [2.24, 2.45) is 0 Å². The highest BCUT2D eigenvalue weighted by atomic mass is 35.5. The topological polar surface area (TPSA) is 45.8 Å². The molecule has 0 saturated carbocycles. The molecular formula is C21H14ClF3N2O. The summed E-state index contributed by atoms with van der Waals surface area (Å²) in [6, 6.07) is 15.7. The maximum Gasteiger partial charge on any atom is 0.417 e. The lowest BCUT2D eigenvalue weighted by atomic mass is 10.0. The highest BCUT2D eigenvalue weighted by molar-refractivity contribution is 6.30. The van der Waals surface area contributed by atoms with Crippen molar-refractivity contribution in [1.29, 1.82) is 5.26 Å².